The summed E-state index contributed by atoms with van der Waals surface area (Å²) in [5, 5.41) is 2.92. The third-order valence-electron chi connectivity index (χ3n) is 5.43. The van der Waals surface area contributed by atoms with Gasteiger partial charge in [0.15, 0.2) is 0 Å². The van der Waals surface area contributed by atoms with E-state index in [4.69, 9.17) is 0 Å². The van der Waals surface area contributed by atoms with Gasteiger partial charge in [-0.2, -0.15) is 0 Å². The third-order valence-corrected chi connectivity index (χ3v) is 6.94. The number of rotatable bonds is 5. The maximum Gasteiger partial charge on any atom is 0.238 e. The van der Waals surface area contributed by atoms with Crippen LogP contribution in [0.15, 0.2) is 64.0 Å². The summed E-state index contributed by atoms with van der Waals surface area (Å²) in [5.74, 6) is -0.509. The molecule has 2 aromatic rings. The zero-order valence-corrected chi connectivity index (χ0v) is 18.8. The molecule has 1 aliphatic carbocycles. The molecule has 2 aliphatic rings. The number of thioether (sulfide) groups is 1. The number of benzene rings is 2. The first-order chi connectivity index (χ1) is 14.4. The van der Waals surface area contributed by atoms with Crippen molar-refractivity contribution in [1.29, 1.82) is 0 Å². The highest BCUT2D eigenvalue weighted by molar-refractivity contribution is 9.10. The molecule has 0 spiro atoms. The molecule has 1 fully saturated rings. The molecule has 0 radical (unpaired) electrons. The largest absolute Gasteiger partial charge is 0.325 e. The number of carbonyl (C=O) groups excluding carboxylic acids is 3. The molecule has 7 heteroatoms. The Bertz CT molecular complexity index is 1010. The van der Waals surface area contributed by atoms with Crippen molar-refractivity contribution in [3.63, 3.8) is 0 Å². The molecule has 3 amide bonds. The number of aryl methyl sites for hydroxylation is 1. The highest BCUT2D eigenvalue weighted by Crippen LogP contribution is 2.38. The molecule has 2 unspecified atom stereocenters. The van der Waals surface area contributed by atoms with Crippen LogP contribution in [0.3, 0.4) is 0 Å². The van der Waals surface area contributed by atoms with Crippen molar-refractivity contribution < 1.29 is 14.4 Å². The summed E-state index contributed by atoms with van der Waals surface area (Å²) in [4.78, 5) is 39.9. The molecule has 30 heavy (non-hydrogen) atoms. The van der Waals surface area contributed by atoms with Crippen LogP contribution in [0.5, 0.6) is 0 Å². The van der Waals surface area contributed by atoms with Crippen molar-refractivity contribution in [2.45, 2.75) is 24.7 Å². The number of nitrogens with one attached hydrogen (secondary N) is 1. The van der Waals surface area contributed by atoms with Crippen molar-refractivity contribution in [2.75, 3.05) is 16.0 Å². The third kappa shape index (κ3) is 4.23. The number of anilines is 2. The van der Waals surface area contributed by atoms with Gasteiger partial charge >= 0.3 is 0 Å². The van der Waals surface area contributed by atoms with E-state index in [9.17, 15) is 14.4 Å². The van der Waals surface area contributed by atoms with Crippen molar-refractivity contribution in [2.24, 2.45) is 11.8 Å². The van der Waals surface area contributed by atoms with Crippen LogP contribution in [-0.2, 0) is 14.4 Å². The zero-order chi connectivity index (χ0) is 21.3. The molecule has 0 saturated carbocycles. The van der Waals surface area contributed by atoms with Crippen LogP contribution >= 0.6 is 27.7 Å². The van der Waals surface area contributed by atoms with Crippen molar-refractivity contribution in [3.05, 3.63) is 64.7 Å². The highest BCUT2D eigenvalue weighted by Gasteiger charge is 2.47. The summed E-state index contributed by atoms with van der Waals surface area (Å²) in [6.45, 7) is 1.94. The molecule has 2 aromatic carbocycles. The van der Waals surface area contributed by atoms with Crippen molar-refractivity contribution in [1.82, 2.24) is 0 Å². The Kier molecular flexibility index (Phi) is 6.11. The standard InChI is InChI=1S/C23H21BrN2O3S/c1-14-12-15(24)6-11-20(14)25-21(27)13-30-17-9-7-16(8-10-17)26-22(28)18-4-2-3-5-19(18)23(26)29/h2-3,6-12,18-19H,4-5,13H2,1H3,(H,25,27). The second-order valence-electron chi connectivity index (χ2n) is 7.46. The van der Waals surface area contributed by atoms with E-state index < -0.39 is 0 Å². The van der Waals surface area contributed by atoms with Gasteiger partial charge in [-0.15, -0.1) is 11.8 Å². The van der Waals surface area contributed by atoms with Crippen LogP contribution in [0.2, 0.25) is 0 Å². The van der Waals surface area contributed by atoms with Crippen LogP contribution in [-0.4, -0.2) is 23.5 Å². The second-order valence-corrected chi connectivity index (χ2v) is 9.42. The van der Waals surface area contributed by atoms with Gasteiger partial charge in [0, 0.05) is 15.1 Å². The summed E-state index contributed by atoms with van der Waals surface area (Å²) >= 11 is 4.82. The maximum atomic E-state index is 12.7. The van der Waals surface area contributed by atoms with Crippen LogP contribution in [0, 0.1) is 18.8 Å². The smallest absolute Gasteiger partial charge is 0.238 e. The lowest BCUT2D eigenvalue weighted by Gasteiger charge is -2.15. The molecular weight excluding hydrogens is 464 g/mol. The maximum absolute atomic E-state index is 12.7. The lowest BCUT2D eigenvalue weighted by Crippen LogP contribution is -2.30. The number of imide groups is 1. The first-order valence-corrected chi connectivity index (χ1v) is 11.5. The van der Waals surface area contributed by atoms with E-state index in [0.29, 0.717) is 18.5 Å². The van der Waals surface area contributed by atoms with Crippen LogP contribution in [0.4, 0.5) is 11.4 Å². The van der Waals surface area contributed by atoms with Crippen molar-refractivity contribution >= 4 is 56.8 Å². The van der Waals surface area contributed by atoms with E-state index in [1.807, 2.05) is 49.4 Å². The second kappa shape index (κ2) is 8.78. The lowest BCUT2D eigenvalue weighted by atomic mass is 9.85. The fourth-order valence-corrected chi connectivity index (χ4v) is 5.02. The molecule has 154 valence electrons. The summed E-state index contributed by atoms with van der Waals surface area (Å²) in [7, 11) is 0. The molecule has 1 saturated heterocycles. The van der Waals surface area contributed by atoms with Gasteiger partial charge in [-0.05, 0) is 67.8 Å². The first kappa shape index (κ1) is 20.9. The summed E-state index contributed by atoms with van der Waals surface area (Å²) in [5.41, 5.74) is 2.38. The Morgan fingerprint density at radius 1 is 1.07 bits per heavy atom. The predicted molar refractivity (Wildman–Crippen MR) is 123 cm³/mol. The summed E-state index contributed by atoms with van der Waals surface area (Å²) in [6.07, 6.45) is 5.23. The summed E-state index contributed by atoms with van der Waals surface area (Å²) in [6, 6.07) is 13.0. The fourth-order valence-electron chi connectivity index (χ4n) is 3.85. The minimum absolute atomic E-state index is 0.0871. The number of hydrogen-bond acceptors (Lipinski definition) is 4. The quantitative estimate of drug-likeness (QED) is 0.370. The van der Waals surface area contributed by atoms with Gasteiger partial charge in [0.1, 0.15) is 0 Å². The number of nitrogens with zero attached hydrogens (tertiary/aromatic N) is 1. The van der Waals surface area contributed by atoms with E-state index >= 15 is 0 Å². The van der Waals surface area contributed by atoms with Gasteiger partial charge < -0.3 is 5.32 Å². The van der Waals surface area contributed by atoms with Gasteiger partial charge in [0.05, 0.1) is 23.3 Å². The van der Waals surface area contributed by atoms with Gasteiger partial charge in [-0.3, -0.25) is 19.3 Å². The van der Waals surface area contributed by atoms with E-state index in [1.165, 1.54) is 16.7 Å². The van der Waals surface area contributed by atoms with Gasteiger partial charge in [-0.1, -0.05) is 28.1 Å². The number of amides is 3. The predicted octanol–water partition coefficient (Wildman–Crippen LogP) is 4.94. The van der Waals surface area contributed by atoms with Gasteiger partial charge in [-0.25, -0.2) is 0 Å². The molecule has 2 atom stereocenters. The monoisotopic (exact) mass is 484 g/mol. The van der Waals surface area contributed by atoms with Crippen LogP contribution < -0.4 is 10.2 Å². The minimum Gasteiger partial charge on any atom is -0.325 e. The van der Waals surface area contributed by atoms with Crippen LogP contribution in [0.1, 0.15) is 18.4 Å². The molecular formula is C23H21BrN2O3S. The SMILES string of the molecule is Cc1cc(Br)ccc1NC(=O)CSc1ccc(N2C(=O)C3CC=CCC3C2=O)cc1. The Labute approximate surface area is 188 Å². The zero-order valence-electron chi connectivity index (χ0n) is 16.4. The van der Waals surface area contributed by atoms with Crippen LogP contribution in [0.25, 0.3) is 0 Å². The molecule has 0 bridgehead atoms. The fraction of sp³-hybridized carbons (Fsp3) is 0.261. The molecule has 4 rings (SSSR count). The summed E-state index contributed by atoms with van der Waals surface area (Å²) < 4.78 is 0.970. The number of allylic oxidation sites excluding steroid dienone is 2. The number of hydrogen-bond donors (Lipinski definition) is 1. The highest BCUT2D eigenvalue weighted by atomic mass is 79.9. The first-order valence-electron chi connectivity index (χ1n) is 9.75. The molecule has 1 N–H and O–H groups in total. The normalized spacial score (nSPS) is 20.4. The van der Waals surface area contributed by atoms with Gasteiger partial charge in [0.25, 0.3) is 0 Å². The lowest BCUT2D eigenvalue weighted by molar-refractivity contribution is -0.122. The number of carbonyl (C=O) groups is 3. The average Bonchev–Trinajstić information content (AvgIpc) is 3.00. The molecule has 5 nitrogen and oxygen atoms in total. The molecule has 1 aliphatic heterocycles. The average molecular weight is 485 g/mol. The van der Waals surface area contributed by atoms with Gasteiger partial charge in [0.2, 0.25) is 17.7 Å². The topological polar surface area (TPSA) is 66.5 Å². The van der Waals surface area contributed by atoms with E-state index in [0.717, 1.165) is 20.6 Å². The Morgan fingerprint density at radius 2 is 1.70 bits per heavy atom. The van der Waals surface area contributed by atoms with Crippen molar-refractivity contribution in [3.8, 4) is 0 Å². The molecule has 0 aromatic heterocycles. The van der Waals surface area contributed by atoms with E-state index in [1.54, 1.807) is 12.1 Å². The minimum atomic E-state index is -0.234. The Balaban J connectivity index is 1.36. The number of halogens is 1. The number of fused-ring (bicyclic) bond motifs is 1. The Hall–Kier alpha value is -2.38. The molecule has 1 heterocycles. The van der Waals surface area contributed by atoms with E-state index in [2.05, 4.69) is 21.2 Å². The Morgan fingerprint density at radius 3 is 2.30 bits per heavy atom. The van der Waals surface area contributed by atoms with E-state index in [-0.39, 0.29) is 35.3 Å².